The molecule has 0 radical (unpaired) electrons. The number of hydrogen-bond donors (Lipinski definition) is 0. The molecular weight excluding hydrogens is 403 g/mol. The molecule has 0 N–H and O–H groups in total. The van der Waals surface area contributed by atoms with E-state index in [1.165, 1.54) is 0 Å². The quantitative estimate of drug-likeness (QED) is 0.332. The minimum Gasteiger partial charge on any atom is -0.399 e. The fraction of sp³-hybridized carbons (Fsp3) is 0.267. The fourth-order valence-electron chi connectivity index (χ4n) is 3.59. The minimum atomic E-state index is -1.24. The van der Waals surface area contributed by atoms with Crippen LogP contribution in [0.3, 0.4) is 0 Å². The molecule has 3 heteroatoms. The molecule has 0 saturated carbocycles. The maximum absolute atomic E-state index is 9.06. The monoisotopic (exact) mass is 449 g/mol. The summed E-state index contributed by atoms with van der Waals surface area (Å²) in [4.78, 5) is 0. The second-order valence-electron chi connectivity index (χ2n) is 8.89. The Morgan fingerprint density at radius 3 is 1.76 bits per heavy atom. The summed E-state index contributed by atoms with van der Waals surface area (Å²) in [5.74, 6) is 0. The lowest BCUT2D eigenvalue weighted by atomic mass is 9.78. The normalized spacial score (nSPS) is 23.3. The molecule has 0 amide bonds. The minimum absolute atomic E-state index is 0.119. The Balaban J connectivity index is 1.81. The predicted octanol–water partition coefficient (Wildman–Crippen LogP) is 6.32. The summed E-state index contributed by atoms with van der Waals surface area (Å²) in [7, 11) is -1.24. The molecule has 0 atom stereocenters. The van der Waals surface area contributed by atoms with Gasteiger partial charge in [0.25, 0.3) is 0 Å². The van der Waals surface area contributed by atoms with Crippen LogP contribution in [0.25, 0.3) is 10.8 Å². The molecule has 1 heterocycles. The molecule has 33 heavy (non-hydrogen) atoms. The van der Waals surface area contributed by atoms with Gasteiger partial charge in [-0.3, -0.25) is 0 Å². The van der Waals surface area contributed by atoms with E-state index < -0.39 is 116 Å². The third-order valence-corrected chi connectivity index (χ3v) is 6.10. The number of rotatable bonds is 5. The molecular formula is C30H31BO2. The van der Waals surface area contributed by atoms with E-state index in [2.05, 4.69) is 0 Å². The van der Waals surface area contributed by atoms with Crippen molar-refractivity contribution in [3.63, 3.8) is 0 Å². The average molecular weight is 449 g/mol. The standard InChI is InChI=1S/C30H31BO2/c1-29(2)30(3,4)33-31(32-29)26-14-10-13-23(21-26)20-25-18-17-24(19-22-11-6-5-7-12-22)27-15-8-9-16-28(25)27/h5-18,21H,19-20H2,1-4H3/i5D,6D,7D,8D,9D,10D,11D,12D,13D,14D,15D,16D,17D,18D,21D. The highest BCUT2D eigenvalue weighted by molar-refractivity contribution is 6.62. The molecule has 1 aliphatic rings. The lowest BCUT2D eigenvalue weighted by Gasteiger charge is -2.32. The van der Waals surface area contributed by atoms with E-state index in [1.807, 2.05) is 0 Å². The van der Waals surface area contributed by atoms with Gasteiger partial charge in [-0.15, -0.1) is 0 Å². The summed E-state index contributed by atoms with van der Waals surface area (Å²) >= 11 is 0. The van der Waals surface area contributed by atoms with Gasteiger partial charge >= 0.3 is 7.12 Å². The first-order valence-corrected chi connectivity index (χ1v) is 10.6. The van der Waals surface area contributed by atoms with Crippen LogP contribution in [0.4, 0.5) is 0 Å². The van der Waals surface area contributed by atoms with Crippen LogP contribution < -0.4 is 5.46 Å². The molecule has 0 bridgehead atoms. The van der Waals surface area contributed by atoms with E-state index in [-0.39, 0.29) is 44.5 Å². The summed E-state index contributed by atoms with van der Waals surface area (Å²) in [6.45, 7) is 7.09. The SMILES string of the molecule is [2H]c1c([2H])c([2H])c(Cc2c([2H])c([2H])c(Cc3c([2H])c([2H])c([2H])c(B4OC(C)(C)C(C)(C)O4)c3[2H])c3c([2H])c([2H])c([2H])c([2H])c23)c([2H])c1[2H]. The van der Waals surface area contributed by atoms with E-state index in [4.69, 9.17) is 29.9 Å². The lowest BCUT2D eigenvalue weighted by molar-refractivity contribution is 0.00578. The second kappa shape index (κ2) is 8.48. The van der Waals surface area contributed by atoms with Crippen molar-refractivity contribution in [2.24, 2.45) is 0 Å². The first kappa shape index (κ1) is 10.6. The molecule has 1 saturated heterocycles. The lowest BCUT2D eigenvalue weighted by Crippen LogP contribution is -2.41. The summed E-state index contributed by atoms with van der Waals surface area (Å²) in [5.41, 5.74) is -2.53. The zero-order valence-electron chi connectivity index (χ0n) is 33.8. The summed E-state index contributed by atoms with van der Waals surface area (Å²) < 4.78 is 140. The fourth-order valence-corrected chi connectivity index (χ4v) is 3.59. The molecule has 4 aromatic rings. The van der Waals surface area contributed by atoms with Gasteiger partial charge < -0.3 is 9.31 Å². The summed E-state index contributed by atoms with van der Waals surface area (Å²) in [5, 5.41) is -0.418. The van der Waals surface area contributed by atoms with Crippen LogP contribution in [0.1, 0.15) is 70.5 Å². The van der Waals surface area contributed by atoms with Crippen molar-refractivity contribution >= 4 is 23.4 Å². The van der Waals surface area contributed by atoms with Crippen LogP contribution in [-0.4, -0.2) is 18.3 Å². The Morgan fingerprint density at radius 1 is 0.636 bits per heavy atom. The van der Waals surface area contributed by atoms with Gasteiger partial charge in [0.05, 0.1) is 31.8 Å². The molecule has 1 aliphatic heterocycles. The predicted molar refractivity (Wildman–Crippen MR) is 138 cm³/mol. The van der Waals surface area contributed by atoms with Crippen LogP contribution >= 0.6 is 0 Å². The Labute approximate surface area is 218 Å². The number of hydrogen-bond acceptors (Lipinski definition) is 2. The van der Waals surface area contributed by atoms with Gasteiger partial charge in [-0.2, -0.15) is 0 Å². The smallest absolute Gasteiger partial charge is 0.399 e. The Hall–Kier alpha value is -2.88. The van der Waals surface area contributed by atoms with Crippen LogP contribution in [0.2, 0.25) is 0 Å². The van der Waals surface area contributed by atoms with Crippen molar-refractivity contribution in [2.75, 3.05) is 0 Å². The number of benzene rings is 4. The number of fused-ring (bicyclic) bond motifs is 1. The molecule has 4 aromatic carbocycles. The third kappa shape index (κ3) is 4.36. The zero-order valence-corrected chi connectivity index (χ0v) is 18.8. The first-order chi connectivity index (χ1) is 22.1. The van der Waals surface area contributed by atoms with Crippen LogP contribution in [0.15, 0.2) is 90.6 Å². The van der Waals surface area contributed by atoms with E-state index >= 15 is 0 Å². The molecule has 0 aliphatic carbocycles. The Morgan fingerprint density at radius 2 is 1.15 bits per heavy atom. The summed E-state index contributed by atoms with van der Waals surface area (Å²) in [6.07, 6.45) is -1.03. The molecule has 0 unspecified atom stereocenters. The highest BCUT2D eigenvalue weighted by atomic mass is 16.7. The van der Waals surface area contributed by atoms with Gasteiger partial charge in [-0.05, 0) is 79.0 Å². The molecule has 5 rings (SSSR count). The van der Waals surface area contributed by atoms with Gasteiger partial charge in [0, 0.05) is 0 Å². The maximum Gasteiger partial charge on any atom is 0.494 e. The first-order valence-electron chi connectivity index (χ1n) is 18.1. The highest BCUT2D eigenvalue weighted by Crippen LogP contribution is 2.36. The second-order valence-corrected chi connectivity index (χ2v) is 8.89. The highest BCUT2D eigenvalue weighted by Gasteiger charge is 2.51. The van der Waals surface area contributed by atoms with Crippen molar-refractivity contribution in [1.29, 1.82) is 0 Å². The van der Waals surface area contributed by atoms with Crippen molar-refractivity contribution in [1.82, 2.24) is 0 Å². The molecule has 0 spiro atoms. The van der Waals surface area contributed by atoms with E-state index in [9.17, 15) is 0 Å². The van der Waals surface area contributed by atoms with Gasteiger partial charge in [-0.25, -0.2) is 0 Å². The topological polar surface area (TPSA) is 18.5 Å². The Bertz CT molecular complexity index is 2020. The van der Waals surface area contributed by atoms with E-state index in [0.717, 1.165) is 0 Å². The summed E-state index contributed by atoms with van der Waals surface area (Å²) in [6, 6.07) is -8.46. The third-order valence-electron chi connectivity index (χ3n) is 6.10. The largest absolute Gasteiger partial charge is 0.494 e. The van der Waals surface area contributed by atoms with Gasteiger partial charge in [0.1, 0.15) is 0 Å². The maximum atomic E-state index is 9.06. The molecule has 2 nitrogen and oxygen atoms in total. The average Bonchev–Trinajstić information content (AvgIpc) is 3.24. The van der Waals surface area contributed by atoms with Crippen molar-refractivity contribution in [3.8, 4) is 0 Å². The van der Waals surface area contributed by atoms with Gasteiger partial charge in [0.15, 0.2) is 0 Å². The van der Waals surface area contributed by atoms with Crippen LogP contribution in [0.5, 0.6) is 0 Å². The molecule has 0 aromatic heterocycles. The van der Waals surface area contributed by atoms with Crippen LogP contribution in [0, 0.1) is 0 Å². The molecule has 166 valence electrons. The van der Waals surface area contributed by atoms with Gasteiger partial charge in [-0.1, -0.05) is 90.6 Å². The van der Waals surface area contributed by atoms with E-state index in [0.29, 0.717) is 0 Å². The van der Waals surface area contributed by atoms with E-state index in [1.54, 1.807) is 27.7 Å². The van der Waals surface area contributed by atoms with Crippen LogP contribution in [-0.2, 0) is 22.2 Å². The molecule has 1 fully saturated rings. The van der Waals surface area contributed by atoms with Gasteiger partial charge in [0.2, 0.25) is 0 Å². The Kier molecular flexibility index (Phi) is 2.72. The van der Waals surface area contributed by atoms with Crippen molar-refractivity contribution < 1.29 is 29.9 Å². The zero-order chi connectivity index (χ0) is 36.1. The van der Waals surface area contributed by atoms with Crippen molar-refractivity contribution in [3.05, 3.63) is 113 Å². The van der Waals surface area contributed by atoms with Crippen molar-refractivity contribution in [2.45, 2.75) is 51.7 Å².